The molecule has 0 amide bonds. The minimum absolute atomic E-state index is 0. The van der Waals surface area contributed by atoms with E-state index in [0.717, 1.165) is 45.0 Å². The summed E-state index contributed by atoms with van der Waals surface area (Å²) < 4.78 is 1.98. The average molecular weight is 407 g/mol. The second-order valence-electron chi connectivity index (χ2n) is 5.50. The standard InChI is InChI=1S/C15H29N5.HI/c1-5-16-15(18-9-7-13(2)3)17-8-6-10-20-12-14(4)11-19-20;/h11-13H,5-10H2,1-4H3,(H2,16,17,18);1H. The van der Waals surface area contributed by atoms with Crippen LogP contribution in [0, 0.1) is 12.8 Å². The third-order valence-electron chi connectivity index (χ3n) is 2.94. The topological polar surface area (TPSA) is 54.2 Å². The SMILES string of the molecule is CCNC(=NCCCn1cc(C)cn1)NCCC(C)C.I. The van der Waals surface area contributed by atoms with Gasteiger partial charge in [-0.05, 0) is 38.2 Å². The van der Waals surface area contributed by atoms with Crippen molar-refractivity contribution in [2.75, 3.05) is 19.6 Å². The molecule has 6 heteroatoms. The zero-order valence-corrected chi connectivity index (χ0v) is 16.1. The maximum Gasteiger partial charge on any atom is 0.191 e. The van der Waals surface area contributed by atoms with Crippen molar-refractivity contribution in [1.29, 1.82) is 0 Å². The summed E-state index contributed by atoms with van der Waals surface area (Å²) >= 11 is 0. The molecule has 0 aromatic carbocycles. The largest absolute Gasteiger partial charge is 0.357 e. The van der Waals surface area contributed by atoms with Crippen LogP contribution in [0.4, 0.5) is 0 Å². The van der Waals surface area contributed by atoms with Gasteiger partial charge in [0.25, 0.3) is 0 Å². The first-order chi connectivity index (χ1) is 9.61. The number of aliphatic imine (C=N–C) groups is 1. The van der Waals surface area contributed by atoms with Crippen LogP contribution in [0.3, 0.4) is 0 Å². The molecule has 0 saturated heterocycles. The summed E-state index contributed by atoms with van der Waals surface area (Å²) in [7, 11) is 0. The molecule has 5 nitrogen and oxygen atoms in total. The van der Waals surface area contributed by atoms with E-state index in [-0.39, 0.29) is 24.0 Å². The van der Waals surface area contributed by atoms with E-state index in [9.17, 15) is 0 Å². The summed E-state index contributed by atoms with van der Waals surface area (Å²) in [5.41, 5.74) is 1.21. The molecule has 0 aliphatic carbocycles. The smallest absolute Gasteiger partial charge is 0.191 e. The summed E-state index contributed by atoms with van der Waals surface area (Å²) in [6.07, 6.45) is 6.12. The van der Waals surface area contributed by atoms with Crippen LogP contribution in [0.25, 0.3) is 0 Å². The van der Waals surface area contributed by atoms with E-state index in [1.54, 1.807) is 0 Å². The van der Waals surface area contributed by atoms with Crippen LogP contribution in [0.1, 0.15) is 39.2 Å². The van der Waals surface area contributed by atoms with Gasteiger partial charge in [-0.1, -0.05) is 13.8 Å². The van der Waals surface area contributed by atoms with Crippen molar-refractivity contribution in [2.24, 2.45) is 10.9 Å². The van der Waals surface area contributed by atoms with Crippen molar-refractivity contribution in [3.8, 4) is 0 Å². The molecule has 1 aromatic heterocycles. The van der Waals surface area contributed by atoms with Crippen molar-refractivity contribution >= 4 is 29.9 Å². The number of guanidine groups is 1. The Morgan fingerprint density at radius 1 is 1.38 bits per heavy atom. The highest BCUT2D eigenvalue weighted by Crippen LogP contribution is 1.97. The predicted octanol–water partition coefficient (Wildman–Crippen LogP) is 2.80. The van der Waals surface area contributed by atoms with Crippen molar-refractivity contribution in [2.45, 2.75) is 47.1 Å². The number of aromatic nitrogens is 2. The lowest BCUT2D eigenvalue weighted by atomic mass is 10.1. The van der Waals surface area contributed by atoms with Crippen LogP contribution in [0.15, 0.2) is 17.4 Å². The van der Waals surface area contributed by atoms with E-state index in [1.807, 2.05) is 10.9 Å². The van der Waals surface area contributed by atoms with Crippen molar-refractivity contribution in [3.63, 3.8) is 0 Å². The van der Waals surface area contributed by atoms with Gasteiger partial charge in [0.1, 0.15) is 0 Å². The second kappa shape index (κ2) is 11.8. The van der Waals surface area contributed by atoms with E-state index in [1.165, 1.54) is 5.56 Å². The average Bonchev–Trinajstić information content (AvgIpc) is 2.80. The molecule has 0 atom stereocenters. The monoisotopic (exact) mass is 407 g/mol. The Labute approximate surface area is 146 Å². The van der Waals surface area contributed by atoms with Gasteiger partial charge in [-0.2, -0.15) is 5.10 Å². The summed E-state index contributed by atoms with van der Waals surface area (Å²) in [6, 6.07) is 0. The lowest BCUT2D eigenvalue weighted by Gasteiger charge is -2.12. The van der Waals surface area contributed by atoms with Crippen molar-refractivity contribution < 1.29 is 0 Å². The van der Waals surface area contributed by atoms with E-state index in [4.69, 9.17) is 0 Å². The summed E-state index contributed by atoms with van der Waals surface area (Å²) in [6.45, 7) is 12.2. The van der Waals surface area contributed by atoms with Gasteiger partial charge in [-0.3, -0.25) is 9.67 Å². The molecule has 1 rings (SSSR count). The minimum Gasteiger partial charge on any atom is -0.357 e. The maximum absolute atomic E-state index is 4.59. The molecule has 1 aromatic rings. The molecule has 2 N–H and O–H groups in total. The van der Waals surface area contributed by atoms with E-state index >= 15 is 0 Å². The Balaban J connectivity index is 0.00000400. The molecular formula is C15H30IN5. The van der Waals surface area contributed by atoms with Gasteiger partial charge in [-0.25, -0.2) is 0 Å². The predicted molar refractivity (Wildman–Crippen MR) is 100 cm³/mol. The highest BCUT2D eigenvalue weighted by molar-refractivity contribution is 14.0. The summed E-state index contributed by atoms with van der Waals surface area (Å²) in [5.74, 6) is 1.64. The second-order valence-corrected chi connectivity index (χ2v) is 5.50. The zero-order valence-electron chi connectivity index (χ0n) is 13.7. The normalized spacial score (nSPS) is 11.4. The summed E-state index contributed by atoms with van der Waals surface area (Å²) in [4.78, 5) is 4.59. The van der Waals surface area contributed by atoms with E-state index in [2.05, 4.69) is 54.6 Å². The first-order valence-corrected chi connectivity index (χ1v) is 7.63. The molecule has 0 saturated carbocycles. The molecule has 0 unspecified atom stereocenters. The van der Waals surface area contributed by atoms with Crippen LogP contribution in [0.2, 0.25) is 0 Å². The Morgan fingerprint density at radius 2 is 2.14 bits per heavy atom. The van der Waals surface area contributed by atoms with Gasteiger partial charge in [0.2, 0.25) is 0 Å². The van der Waals surface area contributed by atoms with Crippen LogP contribution < -0.4 is 10.6 Å². The van der Waals surface area contributed by atoms with E-state index < -0.39 is 0 Å². The van der Waals surface area contributed by atoms with Gasteiger partial charge < -0.3 is 10.6 Å². The Hall–Kier alpha value is -0.790. The highest BCUT2D eigenvalue weighted by atomic mass is 127. The minimum atomic E-state index is 0. The van der Waals surface area contributed by atoms with Crippen LogP contribution in [-0.2, 0) is 6.54 Å². The molecule has 0 aliphatic rings. The fourth-order valence-corrected chi connectivity index (χ4v) is 1.83. The van der Waals surface area contributed by atoms with Gasteiger partial charge in [0.15, 0.2) is 5.96 Å². The number of hydrogen-bond acceptors (Lipinski definition) is 2. The highest BCUT2D eigenvalue weighted by Gasteiger charge is 1.98. The fraction of sp³-hybridized carbons (Fsp3) is 0.733. The first kappa shape index (κ1) is 20.2. The maximum atomic E-state index is 4.59. The molecule has 0 radical (unpaired) electrons. The Bertz CT molecular complexity index is 401. The number of aryl methyl sites for hydroxylation is 2. The number of hydrogen-bond donors (Lipinski definition) is 2. The van der Waals surface area contributed by atoms with Gasteiger partial charge >= 0.3 is 0 Å². The summed E-state index contributed by atoms with van der Waals surface area (Å²) in [5, 5.41) is 10.9. The number of nitrogens with one attached hydrogen (secondary N) is 2. The lowest BCUT2D eigenvalue weighted by Crippen LogP contribution is -2.38. The van der Waals surface area contributed by atoms with Crippen molar-refractivity contribution in [1.82, 2.24) is 20.4 Å². The van der Waals surface area contributed by atoms with Crippen LogP contribution in [-0.4, -0.2) is 35.4 Å². The molecule has 0 aliphatic heterocycles. The fourth-order valence-electron chi connectivity index (χ4n) is 1.83. The quantitative estimate of drug-likeness (QED) is 0.302. The Morgan fingerprint density at radius 3 is 2.71 bits per heavy atom. The molecular weight excluding hydrogens is 377 g/mol. The number of nitrogens with zero attached hydrogens (tertiary/aromatic N) is 3. The number of rotatable bonds is 8. The lowest BCUT2D eigenvalue weighted by molar-refractivity contribution is 0.569. The zero-order chi connectivity index (χ0) is 14.8. The molecule has 122 valence electrons. The molecule has 0 spiro atoms. The van der Waals surface area contributed by atoms with Crippen LogP contribution in [0.5, 0.6) is 0 Å². The third-order valence-corrected chi connectivity index (χ3v) is 2.94. The molecule has 0 bridgehead atoms. The molecule has 1 heterocycles. The molecule has 21 heavy (non-hydrogen) atoms. The van der Waals surface area contributed by atoms with E-state index in [0.29, 0.717) is 5.92 Å². The third kappa shape index (κ3) is 9.71. The number of halogens is 1. The molecule has 0 fully saturated rings. The Kier molecular flexibility index (Phi) is 11.4. The first-order valence-electron chi connectivity index (χ1n) is 7.63. The van der Waals surface area contributed by atoms with Gasteiger partial charge in [-0.15, -0.1) is 24.0 Å². The van der Waals surface area contributed by atoms with Gasteiger partial charge in [0.05, 0.1) is 6.20 Å². The van der Waals surface area contributed by atoms with Crippen LogP contribution >= 0.6 is 24.0 Å². The van der Waals surface area contributed by atoms with Crippen molar-refractivity contribution in [3.05, 3.63) is 18.0 Å². The van der Waals surface area contributed by atoms with Gasteiger partial charge in [0, 0.05) is 32.4 Å².